The molecule has 0 saturated carbocycles. The maximum Gasteiger partial charge on any atom is 0.0406 e. The normalized spacial score (nSPS) is 17.4. The lowest BCUT2D eigenvalue weighted by molar-refractivity contribution is 0.297. The number of nitrogens with zero attached hydrogens (tertiary/aromatic N) is 1. The lowest BCUT2D eigenvalue weighted by Gasteiger charge is -2.30. The van der Waals surface area contributed by atoms with E-state index in [1.165, 1.54) is 23.2 Å². The number of rotatable bonds is 4. The molecule has 1 heterocycles. The molecule has 2 aromatic rings. The van der Waals surface area contributed by atoms with E-state index in [0.29, 0.717) is 5.92 Å². The van der Waals surface area contributed by atoms with E-state index in [0.717, 1.165) is 24.7 Å². The first-order valence-electron chi connectivity index (χ1n) is 7.48. The van der Waals surface area contributed by atoms with Crippen LogP contribution in [0.2, 0.25) is 5.02 Å². The predicted molar refractivity (Wildman–Crippen MR) is 90.1 cm³/mol. The molecule has 0 amide bonds. The highest BCUT2D eigenvalue weighted by molar-refractivity contribution is 6.30. The molecule has 0 aliphatic carbocycles. The third-order valence-corrected chi connectivity index (χ3v) is 4.36. The molecule has 1 aliphatic heterocycles. The van der Waals surface area contributed by atoms with Crippen molar-refractivity contribution in [1.29, 1.82) is 0 Å². The van der Waals surface area contributed by atoms with Crippen molar-refractivity contribution in [2.75, 3.05) is 25.5 Å². The van der Waals surface area contributed by atoms with Crippen molar-refractivity contribution in [2.24, 2.45) is 0 Å². The van der Waals surface area contributed by atoms with Gasteiger partial charge in [0.25, 0.3) is 0 Å². The molecule has 2 aromatic carbocycles. The van der Waals surface area contributed by atoms with Gasteiger partial charge in [-0.3, -0.25) is 0 Å². The molecule has 1 N–H and O–H groups in total. The van der Waals surface area contributed by atoms with Gasteiger partial charge in [0.15, 0.2) is 0 Å². The van der Waals surface area contributed by atoms with E-state index in [-0.39, 0.29) is 0 Å². The summed E-state index contributed by atoms with van der Waals surface area (Å²) in [4.78, 5) is 2.40. The molecule has 1 atom stereocenters. The molecule has 0 spiro atoms. The largest absolute Gasteiger partial charge is 0.385 e. The van der Waals surface area contributed by atoms with Crippen molar-refractivity contribution in [3.8, 4) is 0 Å². The summed E-state index contributed by atoms with van der Waals surface area (Å²) in [6.07, 6.45) is 1.20. The van der Waals surface area contributed by atoms with E-state index in [9.17, 15) is 0 Å². The molecule has 2 nitrogen and oxygen atoms in total. The van der Waals surface area contributed by atoms with Gasteiger partial charge in [-0.1, -0.05) is 41.9 Å². The van der Waals surface area contributed by atoms with Gasteiger partial charge in [-0.25, -0.2) is 0 Å². The molecule has 3 rings (SSSR count). The van der Waals surface area contributed by atoms with E-state index in [4.69, 9.17) is 11.6 Å². The van der Waals surface area contributed by atoms with Gasteiger partial charge in [-0.05, 0) is 42.8 Å². The van der Waals surface area contributed by atoms with Crippen LogP contribution in [-0.4, -0.2) is 25.0 Å². The van der Waals surface area contributed by atoms with Crippen LogP contribution in [0.3, 0.4) is 0 Å². The molecule has 0 saturated heterocycles. The second-order valence-corrected chi connectivity index (χ2v) is 6.26. The average molecular weight is 301 g/mol. The quantitative estimate of drug-likeness (QED) is 0.902. The zero-order valence-corrected chi connectivity index (χ0v) is 13.1. The van der Waals surface area contributed by atoms with E-state index in [2.05, 4.69) is 53.7 Å². The first kappa shape index (κ1) is 14.4. The van der Waals surface area contributed by atoms with Crippen LogP contribution in [0.25, 0.3) is 0 Å². The van der Waals surface area contributed by atoms with Gasteiger partial charge in [-0.15, -0.1) is 0 Å². The van der Waals surface area contributed by atoms with E-state index < -0.39 is 0 Å². The highest BCUT2D eigenvalue weighted by atomic mass is 35.5. The molecular weight excluding hydrogens is 280 g/mol. The van der Waals surface area contributed by atoms with Crippen LogP contribution in [0.5, 0.6) is 0 Å². The number of benzene rings is 2. The molecule has 1 aliphatic rings. The Kier molecular flexibility index (Phi) is 4.47. The third kappa shape index (κ3) is 3.58. The standard InChI is InChI=1S/C18H21ClN2/c1-21(12-14-6-8-16(19)9-7-14)13-15-10-11-20-18-5-3-2-4-17(15)18/h2-9,15,20H,10-13H2,1H3. The highest BCUT2D eigenvalue weighted by Crippen LogP contribution is 2.31. The van der Waals surface area contributed by atoms with Crippen LogP contribution < -0.4 is 5.32 Å². The number of hydrogen-bond donors (Lipinski definition) is 1. The lowest BCUT2D eigenvalue weighted by Crippen LogP contribution is -2.28. The van der Waals surface area contributed by atoms with E-state index in [1.54, 1.807) is 0 Å². The molecule has 3 heteroatoms. The summed E-state index contributed by atoms with van der Waals surface area (Å²) in [7, 11) is 2.19. The van der Waals surface area contributed by atoms with E-state index in [1.807, 2.05) is 12.1 Å². The molecule has 21 heavy (non-hydrogen) atoms. The van der Waals surface area contributed by atoms with Crippen molar-refractivity contribution in [1.82, 2.24) is 4.90 Å². The summed E-state index contributed by atoms with van der Waals surface area (Å²) in [5.74, 6) is 0.611. The third-order valence-electron chi connectivity index (χ3n) is 4.11. The molecular formula is C18H21ClN2. The number of anilines is 1. The van der Waals surface area contributed by atoms with Gasteiger partial charge in [-0.2, -0.15) is 0 Å². The Balaban J connectivity index is 1.65. The summed E-state index contributed by atoms with van der Waals surface area (Å²) in [5.41, 5.74) is 4.06. The summed E-state index contributed by atoms with van der Waals surface area (Å²) >= 11 is 5.94. The van der Waals surface area contributed by atoms with Crippen LogP contribution in [-0.2, 0) is 6.54 Å². The van der Waals surface area contributed by atoms with Gasteiger partial charge >= 0.3 is 0 Å². The number of nitrogens with one attached hydrogen (secondary N) is 1. The maximum absolute atomic E-state index is 5.94. The maximum atomic E-state index is 5.94. The van der Waals surface area contributed by atoms with Crippen LogP contribution in [0.1, 0.15) is 23.5 Å². The first-order chi connectivity index (χ1) is 10.2. The number of halogens is 1. The van der Waals surface area contributed by atoms with Crippen LogP contribution in [0.15, 0.2) is 48.5 Å². The minimum absolute atomic E-state index is 0.611. The van der Waals surface area contributed by atoms with Crippen molar-refractivity contribution < 1.29 is 0 Å². The van der Waals surface area contributed by atoms with Gasteiger partial charge < -0.3 is 10.2 Å². The van der Waals surface area contributed by atoms with Crippen LogP contribution >= 0.6 is 11.6 Å². The summed E-state index contributed by atoms with van der Waals surface area (Å²) in [5, 5.41) is 4.29. The summed E-state index contributed by atoms with van der Waals surface area (Å²) in [6.45, 7) is 3.11. The van der Waals surface area contributed by atoms with Gasteiger partial charge in [0, 0.05) is 36.3 Å². The first-order valence-corrected chi connectivity index (χ1v) is 7.86. The van der Waals surface area contributed by atoms with Crippen molar-refractivity contribution in [2.45, 2.75) is 18.9 Å². The van der Waals surface area contributed by atoms with Gasteiger partial charge in [0.05, 0.1) is 0 Å². The minimum atomic E-state index is 0.611. The average Bonchev–Trinajstić information content (AvgIpc) is 2.50. The monoisotopic (exact) mass is 300 g/mol. The van der Waals surface area contributed by atoms with Gasteiger partial charge in [0.1, 0.15) is 0 Å². The van der Waals surface area contributed by atoms with Crippen molar-refractivity contribution in [3.63, 3.8) is 0 Å². The SMILES string of the molecule is CN(Cc1ccc(Cl)cc1)CC1CCNc2ccccc21. The van der Waals surface area contributed by atoms with Crippen molar-refractivity contribution >= 4 is 17.3 Å². The Morgan fingerprint density at radius 1 is 1.14 bits per heavy atom. The van der Waals surface area contributed by atoms with Crippen molar-refractivity contribution in [3.05, 3.63) is 64.7 Å². The Hall–Kier alpha value is -1.51. The van der Waals surface area contributed by atoms with E-state index >= 15 is 0 Å². The summed E-state index contributed by atoms with van der Waals surface area (Å²) in [6, 6.07) is 16.8. The Bertz CT molecular complexity index is 594. The minimum Gasteiger partial charge on any atom is -0.385 e. The fourth-order valence-electron chi connectivity index (χ4n) is 3.08. The zero-order chi connectivity index (χ0) is 14.7. The predicted octanol–water partition coefficient (Wildman–Crippen LogP) is 4.37. The second-order valence-electron chi connectivity index (χ2n) is 5.82. The fourth-order valence-corrected chi connectivity index (χ4v) is 3.21. The molecule has 0 radical (unpaired) electrons. The van der Waals surface area contributed by atoms with Gasteiger partial charge in [0.2, 0.25) is 0 Å². The Labute approximate surface area is 131 Å². The number of para-hydroxylation sites is 1. The number of fused-ring (bicyclic) bond motifs is 1. The lowest BCUT2D eigenvalue weighted by atomic mass is 9.90. The number of hydrogen-bond acceptors (Lipinski definition) is 2. The van der Waals surface area contributed by atoms with Crippen LogP contribution in [0.4, 0.5) is 5.69 Å². The summed E-state index contributed by atoms with van der Waals surface area (Å²) < 4.78 is 0. The van der Waals surface area contributed by atoms with Crippen LogP contribution in [0, 0.1) is 0 Å². The molecule has 0 fully saturated rings. The molecule has 110 valence electrons. The fraction of sp³-hybridized carbons (Fsp3) is 0.333. The Morgan fingerprint density at radius 2 is 1.90 bits per heavy atom. The topological polar surface area (TPSA) is 15.3 Å². The molecule has 0 bridgehead atoms. The number of likely N-dealkylation sites (N-methyl/N-ethyl adjacent to an activating group) is 1. The molecule has 1 unspecified atom stereocenters. The highest BCUT2D eigenvalue weighted by Gasteiger charge is 2.20. The Morgan fingerprint density at radius 3 is 2.71 bits per heavy atom. The molecule has 0 aromatic heterocycles. The second kappa shape index (κ2) is 6.50. The zero-order valence-electron chi connectivity index (χ0n) is 12.3. The smallest absolute Gasteiger partial charge is 0.0406 e.